The van der Waals surface area contributed by atoms with Gasteiger partial charge < -0.3 is 4.74 Å². The van der Waals surface area contributed by atoms with Crippen molar-refractivity contribution in [2.24, 2.45) is 0 Å². The van der Waals surface area contributed by atoms with Crippen molar-refractivity contribution in [1.82, 2.24) is 5.32 Å². The van der Waals surface area contributed by atoms with E-state index in [9.17, 15) is 18.0 Å². The number of carbonyl (C=O) groups is 1. The molecule has 0 spiro atoms. The van der Waals surface area contributed by atoms with E-state index in [1.165, 1.54) is 6.92 Å². The van der Waals surface area contributed by atoms with Crippen molar-refractivity contribution in [3.8, 4) is 0 Å². The van der Waals surface area contributed by atoms with Crippen LogP contribution in [-0.2, 0) is 9.53 Å². The number of halogens is 3. The van der Waals surface area contributed by atoms with E-state index < -0.39 is 30.7 Å². The zero-order chi connectivity index (χ0) is 15.2. The third kappa shape index (κ3) is 5.61. The van der Waals surface area contributed by atoms with Gasteiger partial charge in [-0.2, -0.15) is 13.2 Å². The highest BCUT2D eigenvalue weighted by atomic mass is 19.4. The smallest absolute Gasteiger partial charge is 0.390 e. The Balaban J connectivity index is 2.81. The molecule has 6 heteroatoms. The highest BCUT2D eigenvalue weighted by Crippen LogP contribution is 2.29. The van der Waals surface area contributed by atoms with Crippen LogP contribution in [0.1, 0.15) is 31.9 Å². The fraction of sp³-hybridized carbons (Fsp3) is 0.500. The minimum atomic E-state index is -4.32. The van der Waals surface area contributed by atoms with Gasteiger partial charge in [-0.3, -0.25) is 10.1 Å². The van der Waals surface area contributed by atoms with Crippen LogP contribution in [-0.4, -0.2) is 24.8 Å². The molecule has 0 aliphatic carbocycles. The number of alkyl halides is 3. The molecule has 20 heavy (non-hydrogen) atoms. The lowest BCUT2D eigenvalue weighted by molar-refractivity contribution is -0.149. The van der Waals surface area contributed by atoms with Crippen LogP contribution in [0, 0.1) is 0 Å². The van der Waals surface area contributed by atoms with E-state index in [1.54, 1.807) is 37.3 Å². The van der Waals surface area contributed by atoms with Gasteiger partial charge in [-0.25, -0.2) is 0 Å². The van der Waals surface area contributed by atoms with Crippen molar-refractivity contribution in [3.63, 3.8) is 0 Å². The van der Waals surface area contributed by atoms with Crippen molar-refractivity contribution in [3.05, 3.63) is 35.9 Å². The molecule has 2 atom stereocenters. The van der Waals surface area contributed by atoms with Gasteiger partial charge in [-0.1, -0.05) is 30.3 Å². The van der Waals surface area contributed by atoms with Crippen molar-refractivity contribution in [1.29, 1.82) is 0 Å². The third-order valence-corrected chi connectivity index (χ3v) is 2.73. The summed E-state index contributed by atoms with van der Waals surface area (Å²) in [5.74, 6) is -0.560. The standard InChI is InChI=1S/C14H18F3NO2/c1-3-20-13(19)10(2)18-12(9-14(15,16)17)11-7-5-4-6-8-11/h4-8,10,12,18H,3,9H2,1-2H3. The number of hydrogen-bond acceptors (Lipinski definition) is 3. The molecular formula is C14H18F3NO2. The Bertz CT molecular complexity index is 420. The summed E-state index contributed by atoms with van der Waals surface area (Å²) < 4.78 is 42.7. The van der Waals surface area contributed by atoms with Gasteiger partial charge in [0.1, 0.15) is 6.04 Å². The highest BCUT2D eigenvalue weighted by Gasteiger charge is 2.34. The lowest BCUT2D eigenvalue weighted by Gasteiger charge is -2.23. The molecule has 1 aromatic rings. The molecule has 0 aliphatic rings. The first kappa shape index (κ1) is 16.5. The molecule has 1 aromatic carbocycles. The monoisotopic (exact) mass is 289 g/mol. The van der Waals surface area contributed by atoms with Crippen LogP contribution in [0.4, 0.5) is 13.2 Å². The molecule has 0 radical (unpaired) electrons. The topological polar surface area (TPSA) is 38.3 Å². The average Bonchev–Trinajstić information content (AvgIpc) is 2.37. The third-order valence-electron chi connectivity index (χ3n) is 2.73. The molecule has 1 rings (SSSR count). The van der Waals surface area contributed by atoms with E-state index in [0.29, 0.717) is 5.56 Å². The van der Waals surface area contributed by atoms with Gasteiger partial charge in [0.2, 0.25) is 0 Å². The van der Waals surface area contributed by atoms with Gasteiger partial charge in [0.15, 0.2) is 0 Å². The van der Waals surface area contributed by atoms with E-state index >= 15 is 0 Å². The lowest BCUT2D eigenvalue weighted by atomic mass is 10.0. The molecule has 0 heterocycles. The van der Waals surface area contributed by atoms with E-state index in [4.69, 9.17) is 4.74 Å². The minimum absolute atomic E-state index is 0.195. The Morgan fingerprint density at radius 2 is 1.90 bits per heavy atom. The first-order chi connectivity index (χ1) is 9.33. The number of nitrogens with one attached hydrogen (secondary N) is 1. The molecule has 2 unspecified atom stereocenters. The first-order valence-corrected chi connectivity index (χ1v) is 6.38. The van der Waals surface area contributed by atoms with Gasteiger partial charge in [0, 0.05) is 6.04 Å². The SMILES string of the molecule is CCOC(=O)C(C)NC(CC(F)(F)F)c1ccccc1. The van der Waals surface area contributed by atoms with Crippen LogP contribution in [0.25, 0.3) is 0 Å². The summed E-state index contributed by atoms with van der Waals surface area (Å²) in [7, 11) is 0. The number of benzene rings is 1. The van der Waals surface area contributed by atoms with Gasteiger partial charge >= 0.3 is 12.1 Å². The lowest BCUT2D eigenvalue weighted by Crippen LogP contribution is -2.39. The van der Waals surface area contributed by atoms with Gasteiger partial charge in [0.25, 0.3) is 0 Å². The zero-order valence-electron chi connectivity index (χ0n) is 11.4. The molecule has 0 saturated heterocycles. The van der Waals surface area contributed by atoms with Crippen molar-refractivity contribution in [2.75, 3.05) is 6.61 Å². The summed E-state index contributed by atoms with van der Waals surface area (Å²) >= 11 is 0. The number of hydrogen-bond donors (Lipinski definition) is 1. The number of rotatable bonds is 6. The number of carbonyl (C=O) groups excluding carboxylic acids is 1. The Hall–Kier alpha value is -1.56. The Morgan fingerprint density at radius 1 is 1.30 bits per heavy atom. The van der Waals surface area contributed by atoms with Gasteiger partial charge in [-0.05, 0) is 19.4 Å². The molecule has 0 amide bonds. The molecule has 112 valence electrons. The quantitative estimate of drug-likeness (QED) is 0.817. The van der Waals surface area contributed by atoms with Crippen LogP contribution in [0.2, 0.25) is 0 Å². The second-order valence-corrected chi connectivity index (χ2v) is 4.42. The summed E-state index contributed by atoms with van der Waals surface area (Å²) in [6.45, 7) is 3.33. The summed E-state index contributed by atoms with van der Waals surface area (Å²) in [5, 5.41) is 2.68. The fourth-order valence-electron chi connectivity index (χ4n) is 1.83. The highest BCUT2D eigenvalue weighted by molar-refractivity contribution is 5.75. The van der Waals surface area contributed by atoms with Crippen LogP contribution >= 0.6 is 0 Å². The molecule has 0 fully saturated rings. The molecule has 3 nitrogen and oxygen atoms in total. The van der Waals surface area contributed by atoms with E-state index in [0.717, 1.165) is 0 Å². The normalized spacial score (nSPS) is 14.7. The van der Waals surface area contributed by atoms with Gasteiger partial charge in [0.05, 0.1) is 13.0 Å². The minimum Gasteiger partial charge on any atom is -0.465 e. The Kier molecular flexibility index (Phi) is 6.01. The maximum atomic E-state index is 12.6. The second-order valence-electron chi connectivity index (χ2n) is 4.42. The average molecular weight is 289 g/mol. The molecule has 0 aromatic heterocycles. The summed E-state index contributed by atoms with van der Waals surface area (Å²) in [6, 6.07) is 6.47. The molecule has 0 aliphatic heterocycles. The predicted molar refractivity (Wildman–Crippen MR) is 69.1 cm³/mol. The van der Waals surface area contributed by atoms with E-state index in [-0.39, 0.29) is 6.61 Å². The van der Waals surface area contributed by atoms with Crippen LogP contribution in [0.3, 0.4) is 0 Å². The molecule has 0 saturated carbocycles. The van der Waals surface area contributed by atoms with E-state index in [1.807, 2.05) is 0 Å². The predicted octanol–water partition coefficient (Wildman–Crippen LogP) is 3.22. The van der Waals surface area contributed by atoms with E-state index in [2.05, 4.69) is 5.32 Å². The van der Waals surface area contributed by atoms with Crippen LogP contribution < -0.4 is 5.32 Å². The van der Waals surface area contributed by atoms with Gasteiger partial charge in [-0.15, -0.1) is 0 Å². The molecule has 1 N–H and O–H groups in total. The number of esters is 1. The van der Waals surface area contributed by atoms with Crippen molar-refractivity contribution >= 4 is 5.97 Å². The van der Waals surface area contributed by atoms with Crippen LogP contribution in [0.5, 0.6) is 0 Å². The fourth-order valence-corrected chi connectivity index (χ4v) is 1.83. The largest absolute Gasteiger partial charge is 0.465 e. The van der Waals surface area contributed by atoms with Crippen LogP contribution in [0.15, 0.2) is 30.3 Å². The molecule has 0 bridgehead atoms. The Morgan fingerprint density at radius 3 is 2.40 bits per heavy atom. The maximum absolute atomic E-state index is 12.6. The van der Waals surface area contributed by atoms with Crippen molar-refractivity contribution < 1.29 is 22.7 Å². The Labute approximate surface area is 116 Å². The second kappa shape index (κ2) is 7.28. The maximum Gasteiger partial charge on any atom is 0.390 e. The first-order valence-electron chi connectivity index (χ1n) is 6.38. The summed E-state index contributed by atoms with van der Waals surface area (Å²) in [5.41, 5.74) is 0.487. The van der Waals surface area contributed by atoms with Crippen molar-refractivity contribution in [2.45, 2.75) is 38.5 Å². The summed E-state index contributed by atoms with van der Waals surface area (Å²) in [4.78, 5) is 11.5. The zero-order valence-corrected chi connectivity index (χ0v) is 11.4. The summed E-state index contributed by atoms with van der Waals surface area (Å²) in [6.07, 6.45) is -5.36. The number of ether oxygens (including phenoxy) is 1. The molecular weight excluding hydrogens is 271 g/mol.